The molecule has 0 saturated carbocycles. The molecular weight excluding hydrogens is 347 g/mol. The number of nitrogens with one attached hydrogen (secondary N) is 2. The minimum Gasteiger partial charge on any atom is -0.483 e. The molecule has 2 aromatic carbocycles. The maximum absolute atomic E-state index is 11.9. The minimum atomic E-state index is -0.150. The Balaban J connectivity index is 0.00000208. The fraction of sp³-hybridized carbons (Fsp3) is 0.278. The van der Waals surface area contributed by atoms with Gasteiger partial charge in [0.25, 0.3) is 5.91 Å². The SMILES string of the molecule is Cc1c(Cl)cccc1OCC(=O)NCc1ccc2c(c1)CNC2.Cl. The largest absolute Gasteiger partial charge is 0.483 e. The van der Waals surface area contributed by atoms with E-state index in [-0.39, 0.29) is 24.9 Å². The molecule has 3 rings (SSSR count). The Labute approximate surface area is 153 Å². The first-order valence-corrected chi connectivity index (χ1v) is 7.97. The van der Waals surface area contributed by atoms with Crippen LogP contribution in [0.4, 0.5) is 0 Å². The van der Waals surface area contributed by atoms with Crippen molar-refractivity contribution in [1.29, 1.82) is 0 Å². The number of benzene rings is 2. The van der Waals surface area contributed by atoms with Crippen LogP contribution in [-0.2, 0) is 24.4 Å². The lowest BCUT2D eigenvalue weighted by Gasteiger charge is -2.11. The van der Waals surface area contributed by atoms with E-state index in [9.17, 15) is 4.79 Å². The van der Waals surface area contributed by atoms with Gasteiger partial charge in [-0.25, -0.2) is 0 Å². The van der Waals surface area contributed by atoms with Crippen LogP contribution in [0.3, 0.4) is 0 Å². The van der Waals surface area contributed by atoms with Crippen LogP contribution in [0.25, 0.3) is 0 Å². The van der Waals surface area contributed by atoms with Crippen molar-refractivity contribution in [3.8, 4) is 5.75 Å². The molecule has 0 unspecified atom stereocenters. The Kier molecular flexibility index (Phi) is 6.49. The zero-order valence-corrected chi connectivity index (χ0v) is 15.0. The van der Waals surface area contributed by atoms with Crippen LogP contribution in [0.1, 0.15) is 22.3 Å². The second kappa shape index (κ2) is 8.38. The maximum atomic E-state index is 11.9. The van der Waals surface area contributed by atoms with Crippen molar-refractivity contribution in [3.05, 3.63) is 63.7 Å². The van der Waals surface area contributed by atoms with E-state index in [0.717, 1.165) is 24.2 Å². The first-order valence-electron chi connectivity index (χ1n) is 7.59. The van der Waals surface area contributed by atoms with Crippen LogP contribution >= 0.6 is 24.0 Å². The lowest BCUT2D eigenvalue weighted by atomic mass is 10.1. The van der Waals surface area contributed by atoms with Gasteiger partial charge in [-0.2, -0.15) is 0 Å². The molecule has 1 aliphatic heterocycles. The Morgan fingerprint density at radius 3 is 2.88 bits per heavy atom. The van der Waals surface area contributed by atoms with Crippen LogP contribution < -0.4 is 15.4 Å². The lowest BCUT2D eigenvalue weighted by Crippen LogP contribution is -2.28. The van der Waals surface area contributed by atoms with Crippen molar-refractivity contribution in [2.24, 2.45) is 0 Å². The highest BCUT2D eigenvalue weighted by molar-refractivity contribution is 6.31. The molecule has 0 saturated heterocycles. The van der Waals surface area contributed by atoms with Crippen LogP contribution in [0.15, 0.2) is 36.4 Å². The summed E-state index contributed by atoms with van der Waals surface area (Å²) in [4.78, 5) is 11.9. The summed E-state index contributed by atoms with van der Waals surface area (Å²) in [7, 11) is 0. The van der Waals surface area contributed by atoms with Gasteiger partial charge in [-0.15, -0.1) is 12.4 Å². The van der Waals surface area contributed by atoms with E-state index in [2.05, 4.69) is 22.8 Å². The summed E-state index contributed by atoms with van der Waals surface area (Å²) < 4.78 is 5.54. The maximum Gasteiger partial charge on any atom is 0.258 e. The van der Waals surface area contributed by atoms with Gasteiger partial charge in [-0.05, 0) is 35.7 Å². The highest BCUT2D eigenvalue weighted by atomic mass is 35.5. The normalized spacial score (nSPS) is 12.2. The molecule has 0 aromatic heterocycles. The zero-order valence-electron chi connectivity index (χ0n) is 13.4. The van der Waals surface area contributed by atoms with E-state index in [1.165, 1.54) is 11.1 Å². The molecular formula is C18H20Cl2N2O2. The van der Waals surface area contributed by atoms with Crippen molar-refractivity contribution in [2.75, 3.05) is 6.61 Å². The summed E-state index contributed by atoms with van der Waals surface area (Å²) >= 11 is 6.03. The molecule has 0 spiro atoms. The summed E-state index contributed by atoms with van der Waals surface area (Å²) in [5.74, 6) is 0.485. The Bertz CT molecular complexity index is 735. The number of carbonyl (C=O) groups excluding carboxylic acids is 1. The summed E-state index contributed by atoms with van der Waals surface area (Å²) in [5.41, 5.74) is 4.58. The summed E-state index contributed by atoms with van der Waals surface area (Å²) in [5, 5.41) is 6.82. The number of amides is 1. The average molecular weight is 367 g/mol. The van der Waals surface area contributed by atoms with E-state index < -0.39 is 0 Å². The van der Waals surface area contributed by atoms with Gasteiger partial charge in [-0.3, -0.25) is 4.79 Å². The Hall–Kier alpha value is -1.75. The first kappa shape index (κ1) is 18.6. The fourth-order valence-electron chi connectivity index (χ4n) is 2.60. The second-order valence-electron chi connectivity index (χ2n) is 5.63. The molecule has 0 aliphatic carbocycles. The third kappa shape index (κ3) is 4.41. The summed E-state index contributed by atoms with van der Waals surface area (Å²) in [6.07, 6.45) is 0. The molecule has 0 radical (unpaired) electrons. The number of hydrogen-bond donors (Lipinski definition) is 2. The Morgan fingerprint density at radius 1 is 1.25 bits per heavy atom. The molecule has 128 valence electrons. The fourth-order valence-corrected chi connectivity index (χ4v) is 2.76. The Morgan fingerprint density at radius 2 is 2.04 bits per heavy atom. The quantitative estimate of drug-likeness (QED) is 0.852. The number of halogens is 2. The molecule has 0 bridgehead atoms. The standard InChI is InChI=1S/C18H19ClN2O2.ClH/c1-12-16(19)3-2-4-17(12)23-11-18(22)21-8-13-5-6-14-9-20-10-15(14)7-13;/h2-7,20H,8-11H2,1H3,(H,21,22);1H. The number of fused-ring (bicyclic) bond motifs is 1. The molecule has 2 N–H and O–H groups in total. The van der Waals surface area contributed by atoms with Gasteiger partial charge in [0.15, 0.2) is 6.61 Å². The molecule has 1 aliphatic rings. The molecule has 2 aromatic rings. The van der Waals surface area contributed by atoms with E-state index in [0.29, 0.717) is 17.3 Å². The molecule has 6 heteroatoms. The third-order valence-corrected chi connectivity index (χ3v) is 4.38. The van der Waals surface area contributed by atoms with Crippen molar-refractivity contribution < 1.29 is 9.53 Å². The van der Waals surface area contributed by atoms with Crippen LogP contribution in [0.2, 0.25) is 5.02 Å². The number of carbonyl (C=O) groups is 1. The average Bonchev–Trinajstić information content (AvgIpc) is 3.02. The van der Waals surface area contributed by atoms with Crippen molar-refractivity contribution in [2.45, 2.75) is 26.6 Å². The van der Waals surface area contributed by atoms with Crippen LogP contribution in [-0.4, -0.2) is 12.5 Å². The zero-order chi connectivity index (χ0) is 16.2. The highest BCUT2D eigenvalue weighted by Gasteiger charge is 2.11. The molecule has 4 nitrogen and oxygen atoms in total. The van der Waals surface area contributed by atoms with Crippen LogP contribution in [0.5, 0.6) is 5.75 Å². The van der Waals surface area contributed by atoms with Gasteiger partial charge >= 0.3 is 0 Å². The molecule has 1 heterocycles. The number of ether oxygens (including phenoxy) is 1. The van der Waals surface area contributed by atoms with Gasteiger partial charge in [0, 0.05) is 30.2 Å². The first-order chi connectivity index (χ1) is 11.1. The second-order valence-corrected chi connectivity index (χ2v) is 6.04. The van der Waals surface area contributed by atoms with E-state index >= 15 is 0 Å². The smallest absolute Gasteiger partial charge is 0.258 e. The predicted molar refractivity (Wildman–Crippen MR) is 97.8 cm³/mol. The van der Waals surface area contributed by atoms with Gasteiger partial charge < -0.3 is 15.4 Å². The molecule has 24 heavy (non-hydrogen) atoms. The van der Waals surface area contributed by atoms with Gasteiger partial charge in [0.1, 0.15) is 5.75 Å². The predicted octanol–water partition coefficient (Wildman–Crippen LogP) is 3.37. The van der Waals surface area contributed by atoms with Gasteiger partial charge in [-0.1, -0.05) is 35.9 Å². The van der Waals surface area contributed by atoms with E-state index in [1.807, 2.05) is 19.1 Å². The third-order valence-electron chi connectivity index (χ3n) is 3.97. The van der Waals surface area contributed by atoms with E-state index in [1.54, 1.807) is 12.1 Å². The summed E-state index contributed by atoms with van der Waals surface area (Å²) in [6.45, 7) is 4.18. The van der Waals surface area contributed by atoms with Crippen molar-refractivity contribution in [3.63, 3.8) is 0 Å². The van der Waals surface area contributed by atoms with Crippen molar-refractivity contribution in [1.82, 2.24) is 10.6 Å². The number of rotatable bonds is 5. The molecule has 1 amide bonds. The topological polar surface area (TPSA) is 50.4 Å². The monoisotopic (exact) mass is 366 g/mol. The molecule has 0 atom stereocenters. The van der Waals surface area contributed by atoms with Crippen LogP contribution in [0, 0.1) is 6.92 Å². The summed E-state index contributed by atoms with van der Waals surface area (Å²) in [6, 6.07) is 11.7. The van der Waals surface area contributed by atoms with E-state index in [4.69, 9.17) is 16.3 Å². The highest BCUT2D eigenvalue weighted by Crippen LogP contribution is 2.24. The lowest BCUT2D eigenvalue weighted by molar-refractivity contribution is -0.123. The molecule has 0 fully saturated rings. The minimum absolute atomic E-state index is 0. The van der Waals surface area contributed by atoms with Crippen molar-refractivity contribution >= 4 is 29.9 Å². The van der Waals surface area contributed by atoms with Gasteiger partial charge in [0.2, 0.25) is 0 Å². The van der Waals surface area contributed by atoms with Gasteiger partial charge in [0.05, 0.1) is 0 Å². The number of hydrogen-bond acceptors (Lipinski definition) is 3.